The van der Waals surface area contributed by atoms with E-state index in [1.165, 1.54) is 44.9 Å². The number of aliphatic hydroxyl groups is 2. The van der Waals surface area contributed by atoms with Gasteiger partial charge in [0.05, 0.1) is 12.9 Å². The maximum absolute atomic E-state index is 11.8. The van der Waals surface area contributed by atoms with Gasteiger partial charge in [-0.3, -0.25) is 14.0 Å². The second-order valence-corrected chi connectivity index (χ2v) is 9.89. The van der Waals surface area contributed by atoms with Crippen molar-refractivity contribution >= 4 is 33.1 Å². The predicted molar refractivity (Wildman–Crippen MR) is 101 cm³/mol. The molecule has 14 nitrogen and oxygen atoms in total. The molecule has 16 heteroatoms. The standard InChI is InChI=1S/C14H21N5O9P2/c1-11(5-26-30(24,25)28-29(22)23)12(2,20)13(3,21)14(4,27-11)19-7-18-8-9(15)16-6-17-10(8)19/h6-7,20-21H,5H2,1-4H3,(H3-,15,16,17,22,23,24,25)/p+1/t11-,12+,13?,14-/m1/s1. The van der Waals surface area contributed by atoms with Crippen LogP contribution in [0, 0.1) is 0 Å². The van der Waals surface area contributed by atoms with E-state index >= 15 is 0 Å². The Morgan fingerprint density at radius 1 is 1.23 bits per heavy atom. The summed E-state index contributed by atoms with van der Waals surface area (Å²) in [6.45, 7) is 4.54. The lowest BCUT2D eigenvalue weighted by Gasteiger charge is -2.42. The largest absolute Gasteiger partial charge is 0.705 e. The molecule has 2 aromatic rings. The van der Waals surface area contributed by atoms with Gasteiger partial charge in [0, 0.05) is 4.57 Å². The number of fused-ring (bicyclic) bond motifs is 1. The number of nitrogens with zero attached hydrogens (tertiary/aromatic N) is 4. The summed E-state index contributed by atoms with van der Waals surface area (Å²) >= 11 is 0. The second kappa shape index (κ2) is 6.95. The molecule has 166 valence electrons. The van der Waals surface area contributed by atoms with E-state index in [4.69, 9.17) is 19.9 Å². The highest BCUT2D eigenvalue weighted by molar-refractivity contribution is 7.55. The second-order valence-electron chi connectivity index (χ2n) is 7.57. The first kappa shape index (κ1) is 23.1. The molecule has 30 heavy (non-hydrogen) atoms. The van der Waals surface area contributed by atoms with Crippen molar-refractivity contribution < 1.29 is 42.7 Å². The van der Waals surface area contributed by atoms with Crippen molar-refractivity contribution in [3.63, 3.8) is 0 Å². The molecule has 0 aliphatic carbocycles. The van der Waals surface area contributed by atoms with E-state index in [1.807, 2.05) is 0 Å². The summed E-state index contributed by atoms with van der Waals surface area (Å²) in [5, 5.41) is 22.6. The Morgan fingerprint density at radius 3 is 2.47 bits per heavy atom. The summed E-state index contributed by atoms with van der Waals surface area (Å²) in [4.78, 5) is 30.3. The molecule has 1 aliphatic heterocycles. The van der Waals surface area contributed by atoms with Crippen molar-refractivity contribution in [1.82, 2.24) is 19.5 Å². The lowest BCUT2D eigenvalue weighted by molar-refractivity contribution is -0.192. The molecule has 0 aromatic carbocycles. The van der Waals surface area contributed by atoms with Crippen molar-refractivity contribution in [1.29, 1.82) is 0 Å². The Kier molecular flexibility index (Phi) is 5.35. The van der Waals surface area contributed by atoms with E-state index < -0.39 is 45.2 Å². The van der Waals surface area contributed by atoms with Crippen LogP contribution in [0.5, 0.6) is 0 Å². The van der Waals surface area contributed by atoms with Gasteiger partial charge in [0.1, 0.15) is 28.6 Å². The summed E-state index contributed by atoms with van der Waals surface area (Å²) < 4.78 is 38.6. The molecule has 2 aromatic heterocycles. The molecule has 1 saturated heterocycles. The minimum absolute atomic E-state index is 0.0920. The molecular formula is C14H22N5O9P2+. The molecule has 0 radical (unpaired) electrons. The SMILES string of the molecule is CC1(O)[C@](C)(n2cnc3c(N)ncnc32)O[C@](C)(COP(=O)(O)O[P+](=O)O)[C@]1(C)O. The zero-order valence-corrected chi connectivity index (χ0v) is 18.2. The van der Waals surface area contributed by atoms with E-state index in [2.05, 4.69) is 19.3 Å². The summed E-state index contributed by atoms with van der Waals surface area (Å²) in [6.07, 6.45) is 2.49. The zero-order valence-electron chi connectivity index (χ0n) is 16.5. The van der Waals surface area contributed by atoms with Crippen LogP contribution in [0.3, 0.4) is 0 Å². The first-order chi connectivity index (χ1) is 13.6. The van der Waals surface area contributed by atoms with Crippen LogP contribution in [0.1, 0.15) is 27.7 Å². The number of hydrogen-bond acceptors (Lipinski definition) is 11. The molecule has 1 aliphatic rings. The minimum Gasteiger partial charge on any atom is -0.384 e. The van der Waals surface area contributed by atoms with Gasteiger partial charge < -0.3 is 20.7 Å². The number of anilines is 1. The molecule has 3 unspecified atom stereocenters. The minimum atomic E-state index is -4.95. The van der Waals surface area contributed by atoms with Gasteiger partial charge in [0.15, 0.2) is 17.2 Å². The molecular weight excluding hydrogens is 444 g/mol. The first-order valence-corrected chi connectivity index (χ1v) is 11.1. The Bertz CT molecular complexity index is 1060. The van der Waals surface area contributed by atoms with Crippen LogP contribution < -0.4 is 5.73 Å². The van der Waals surface area contributed by atoms with Crippen LogP contribution in [0.4, 0.5) is 5.82 Å². The molecule has 0 spiro atoms. The normalized spacial score (nSPS) is 36.7. The van der Waals surface area contributed by atoms with Gasteiger partial charge in [-0.25, -0.2) is 19.5 Å². The highest BCUT2D eigenvalue weighted by atomic mass is 31.2. The highest BCUT2D eigenvalue weighted by Crippen LogP contribution is 2.57. The van der Waals surface area contributed by atoms with Gasteiger partial charge in [-0.2, -0.15) is 0 Å². The van der Waals surface area contributed by atoms with Crippen LogP contribution in [-0.2, 0) is 28.4 Å². The van der Waals surface area contributed by atoms with Crippen molar-refractivity contribution in [3.05, 3.63) is 12.7 Å². The van der Waals surface area contributed by atoms with Crippen molar-refractivity contribution in [2.24, 2.45) is 0 Å². The van der Waals surface area contributed by atoms with Gasteiger partial charge in [-0.15, -0.1) is 4.89 Å². The van der Waals surface area contributed by atoms with Gasteiger partial charge in [-0.1, -0.05) is 0 Å². The third kappa shape index (κ3) is 3.25. The van der Waals surface area contributed by atoms with Crippen molar-refractivity contribution in [2.45, 2.75) is 50.2 Å². The predicted octanol–water partition coefficient (Wildman–Crippen LogP) is 0.155. The summed E-state index contributed by atoms with van der Waals surface area (Å²) in [5.41, 5.74) is -1.38. The van der Waals surface area contributed by atoms with E-state index in [1.54, 1.807) is 0 Å². The number of ether oxygens (including phenoxy) is 1. The third-order valence-electron chi connectivity index (χ3n) is 5.80. The van der Waals surface area contributed by atoms with Crippen LogP contribution in [-0.4, -0.2) is 62.9 Å². The summed E-state index contributed by atoms with van der Waals surface area (Å²) in [5.74, 6) is 0.0920. The lowest BCUT2D eigenvalue weighted by atomic mass is 9.73. The molecule has 6 atom stereocenters. The summed E-state index contributed by atoms with van der Waals surface area (Å²) in [7, 11) is -8.37. The average molecular weight is 466 g/mol. The van der Waals surface area contributed by atoms with Crippen LogP contribution >= 0.6 is 16.1 Å². The van der Waals surface area contributed by atoms with Gasteiger partial charge >= 0.3 is 16.1 Å². The molecule has 1 fully saturated rings. The van der Waals surface area contributed by atoms with E-state index in [-0.39, 0.29) is 17.0 Å². The van der Waals surface area contributed by atoms with Crippen LogP contribution in [0.15, 0.2) is 12.7 Å². The number of phosphoric acid groups is 1. The Balaban J connectivity index is 2.05. The fraction of sp³-hybridized carbons (Fsp3) is 0.643. The molecule has 3 heterocycles. The number of rotatable bonds is 6. The average Bonchev–Trinajstić information content (AvgIpc) is 3.08. The van der Waals surface area contributed by atoms with E-state index in [9.17, 15) is 24.2 Å². The Morgan fingerprint density at radius 2 is 1.87 bits per heavy atom. The number of nitrogen functional groups attached to an aromatic ring is 1. The number of imidazole rings is 1. The number of phosphoric ester groups is 1. The smallest absolute Gasteiger partial charge is 0.384 e. The van der Waals surface area contributed by atoms with E-state index in [0.717, 1.165) is 0 Å². The third-order valence-corrected chi connectivity index (χ3v) is 7.64. The molecule has 0 bridgehead atoms. The fourth-order valence-electron chi connectivity index (χ4n) is 3.54. The maximum atomic E-state index is 11.8. The van der Waals surface area contributed by atoms with Gasteiger partial charge in [-0.05, 0) is 32.0 Å². The first-order valence-electron chi connectivity index (χ1n) is 8.50. The maximum Gasteiger partial charge on any atom is 0.705 e. The molecule has 6 N–H and O–H groups in total. The number of hydrogen-bond donors (Lipinski definition) is 5. The molecule has 3 rings (SSSR count). The van der Waals surface area contributed by atoms with Crippen molar-refractivity contribution in [3.8, 4) is 0 Å². The summed E-state index contributed by atoms with van der Waals surface area (Å²) in [6, 6.07) is 0. The zero-order chi connectivity index (χ0) is 22.8. The molecule has 0 amide bonds. The Labute approximate surface area is 171 Å². The lowest BCUT2D eigenvalue weighted by Crippen LogP contribution is -2.63. The quantitative estimate of drug-likeness (QED) is 0.359. The number of nitrogens with two attached hydrogens (primary N) is 1. The van der Waals surface area contributed by atoms with Crippen LogP contribution in [0.2, 0.25) is 0 Å². The van der Waals surface area contributed by atoms with Crippen LogP contribution in [0.25, 0.3) is 11.2 Å². The fourth-order valence-corrected chi connectivity index (χ4v) is 4.84. The Hall–Kier alpha value is -1.60. The topological polar surface area (TPSA) is 212 Å². The van der Waals surface area contributed by atoms with Gasteiger partial charge in [0.2, 0.25) is 0 Å². The monoisotopic (exact) mass is 466 g/mol. The van der Waals surface area contributed by atoms with E-state index in [0.29, 0.717) is 0 Å². The number of aromatic nitrogens is 4. The van der Waals surface area contributed by atoms with Crippen molar-refractivity contribution in [2.75, 3.05) is 12.3 Å². The molecule has 0 saturated carbocycles. The van der Waals surface area contributed by atoms with Gasteiger partial charge in [0.25, 0.3) is 0 Å². The highest BCUT2D eigenvalue weighted by Gasteiger charge is 2.73.